The summed E-state index contributed by atoms with van der Waals surface area (Å²) in [5.74, 6) is 0.541. The van der Waals surface area contributed by atoms with Crippen LogP contribution in [-0.4, -0.2) is 36.2 Å². The van der Waals surface area contributed by atoms with Gasteiger partial charge < -0.3 is 10.1 Å². The molecule has 1 aromatic carbocycles. The largest absolute Gasteiger partial charge is 0.447 e. The first kappa shape index (κ1) is 15.6. The molecule has 128 valence electrons. The van der Waals surface area contributed by atoms with Gasteiger partial charge in [-0.15, -0.1) is 0 Å². The minimum atomic E-state index is -0.366. The summed E-state index contributed by atoms with van der Waals surface area (Å²) in [6.07, 6.45) is 3.49. The highest BCUT2D eigenvalue weighted by Crippen LogP contribution is 2.27. The van der Waals surface area contributed by atoms with Crippen LogP contribution in [0.15, 0.2) is 36.5 Å². The number of ether oxygens (including phenoxy) is 1. The predicted octanol–water partition coefficient (Wildman–Crippen LogP) is 2.91. The van der Waals surface area contributed by atoms with E-state index >= 15 is 0 Å². The van der Waals surface area contributed by atoms with Crippen molar-refractivity contribution < 1.29 is 14.3 Å². The quantitative estimate of drug-likeness (QED) is 0.931. The number of rotatable bonds is 4. The van der Waals surface area contributed by atoms with E-state index in [0.717, 1.165) is 29.5 Å². The van der Waals surface area contributed by atoms with Crippen molar-refractivity contribution in [1.82, 2.24) is 10.3 Å². The predicted molar refractivity (Wildman–Crippen MR) is 93.6 cm³/mol. The van der Waals surface area contributed by atoms with E-state index in [1.54, 1.807) is 12.3 Å². The Kier molecular flexibility index (Phi) is 3.87. The SMILES string of the molecule is Cc1ccc(C(=O)NC2CC2)cc1-c1ccc(N2CCOC2=O)nc1. The molecule has 2 fully saturated rings. The van der Waals surface area contributed by atoms with Crippen LogP contribution < -0.4 is 10.2 Å². The van der Waals surface area contributed by atoms with Gasteiger partial charge in [0.2, 0.25) is 0 Å². The van der Waals surface area contributed by atoms with Crippen molar-refractivity contribution in [2.24, 2.45) is 0 Å². The van der Waals surface area contributed by atoms with Gasteiger partial charge in [0.25, 0.3) is 5.91 Å². The highest BCUT2D eigenvalue weighted by atomic mass is 16.6. The zero-order valence-corrected chi connectivity index (χ0v) is 14.0. The van der Waals surface area contributed by atoms with Gasteiger partial charge in [-0.25, -0.2) is 9.78 Å². The van der Waals surface area contributed by atoms with Gasteiger partial charge in [0.1, 0.15) is 12.4 Å². The second-order valence-electron chi connectivity index (χ2n) is 6.45. The molecule has 2 amide bonds. The van der Waals surface area contributed by atoms with Crippen molar-refractivity contribution in [3.05, 3.63) is 47.7 Å². The molecular formula is C19H19N3O3. The number of carbonyl (C=O) groups is 2. The standard InChI is InChI=1S/C19H19N3O3/c1-12-2-3-13(18(23)21-15-5-6-15)10-16(12)14-4-7-17(20-11-14)22-8-9-25-19(22)24/h2-4,7,10-11,15H,5-6,8-9H2,1H3,(H,21,23). The van der Waals surface area contributed by atoms with Crippen LogP contribution in [0.5, 0.6) is 0 Å². The van der Waals surface area contributed by atoms with Gasteiger partial charge in [0.15, 0.2) is 0 Å². The number of aryl methyl sites for hydroxylation is 1. The fraction of sp³-hybridized carbons (Fsp3) is 0.316. The lowest BCUT2D eigenvalue weighted by Crippen LogP contribution is -2.25. The Morgan fingerprint density at radius 2 is 2.12 bits per heavy atom. The number of nitrogens with zero attached hydrogens (tertiary/aromatic N) is 2. The van der Waals surface area contributed by atoms with E-state index in [2.05, 4.69) is 10.3 Å². The molecule has 6 heteroatoms. The second-order valence-corrected chi connectivity index (χ2v) is 6.45. The van der Waals surface area contributed by atoms with E-state index < -0.39 is 0 Å². The van der Waals surface area contributed by atoms with Crippen LogP contribution in [-0.2, 0) is 4.74 Å². The van der Waals surface area contributed by atoms with Gasteiger partial charge in [0.05, 0.1) is 6.54 Å². The second kappa shape index (κ2) is 6.20. The molecule has 1 aliphatic heterocycles. The molecule has 0 bridgehead atoms. The average Bonchev–Trinajstić information content (AvgIpc) is 3.33. The summed E-state index contributed by atoms with van der Waals surface area (Å²) in [4.78, 5) is 29.8. The molecule has 1 saturated carbocycles. The summed E-state index contributed by atoms with van der Waals surface area (Å²) < 4.78 is 4.94. The van der Waals surface area contributed by atoms with Crippen molar-refractivity contribution in [1.29, 1.82) is 0 Å². The number of aromatic nitrogens is 1. The summed E-state index contributed by atoms with van der Waals surface area (Å²) in [5, 5.41) is 3.01. The molecule has 2 aromatic rings. The molecule has 0 spiro atoms. The maximum absolute atomic E-state index is 12.3. The number of benzene rings is 1. The van der Waals surface area contributed by atoms with Crippen molar-refractivity contribution in [3.8, 4) is 11.1 Å². The van der Waals surface area contributed by atoms with Crippen LogP contribution in [0.2, 0.25) is 0 Å². The molecule has 2 aliphatic rings. The molecular weight excluding hydrogens is 318 g/mol. The maximum atomic E-state index is 12.3. The molecule has 1 aliphatic carbocycles. The van der Waals surface area contributed by atoms with Crippen LogP contribution in [0.25, 0.3) is 11.1 Å². The number of hydrogen-bond acceptors (Lipinski definition) is 4. The van der Waals surface area contributed by atoms with Gasteiger partial charge in [-0.2, -0.15) is 0 Å². The Bertz CT molecular complexity index is 828. The van der Waals surface area contributed by atoms with E-state index in [9.17, 15) is 9.59 Å². The van der Waals surface area contributed by atoms with E-state index in [0.29, 0.717) is 30.6 Å². The number of carbonyl (C=O) groups excluding carboxylic acids is 2. The van der Waals surface area contributed by atoms with Gasteiger partial charge in [-0.1, -0.05) is 6.07 Å². The zero-order valence-electron chi connectivity index (χ0n) is 14.0. The molecule has 0 radical (unpaired) electrons. The number of amides is 2. The van der Waals surface area contributed by atoms with Crippen molar-refractivity contribution in [3.63, 3.8) is 0 Å². The third-order valence-corrected chi connectivity index (χ3v) is 4.51. The summed E-state index contributed by atoms with van der Waals surface area (Å²) in [6.45, 7) is 2.91. The molecule has 25 heavy (non-hydrogen) atoms. The third kappa shape index (κ3) is 3.20. The summed E-state index contributed by atoms with van der Waals surface area (Å²) in [7, 11) is 0. The first-order chi connectivity index (χ1) is 12.1. The lowest BCUT2D eigenvalue weighted by Gasteiger charge is -2.13. The van der Waals surface area contributed by atoms with Crippen molar-refractivity contribution >= 4 is 17.8 Å². The first-order valence-electron chi connectivity index (χ1n) is 8.44. The van der Waals surface area contributed by atoms with Gasteiger partial charge in [0, 0.05) is 23.4 Å². The molecule has 0 unspecified atom stereocenters. The monoisotopic (exact) mass is 337 g/mol. The zero-order chi connectivity index (χ0) is 17.4. The van der Waals surface area contributed by atoms with Crippen molar-refractivity contribution in [2.45, 2.75) is 25.8 Å². The highest BCUT2D eigenvalue weighted by Gasteiger charge is 2.25. The molecule has 2 heterocycles. The molecule has 0 atom stereocenters. The summed E-state index contributed by atoms with van der Waals surface area (Å²) in [5.41, 5.74) is 3.60. The number of pyridine rings is 1. The minimum Gasteiger partial charge on any atom is -0.447 e. The van der Waals surface area contributed by atoms with Crippen LogP contribution in [0.4, 0.5) is 10.6 Å². The lowest BCUT2D eigenvalue weighted by molar-refractivity contribution is 0.0951. The Morgan fingerprint density at radius 1 is 1.28 bits per heavy atom. The lowest BCUT2D eigenvalue weighted by atomic mass is 9.99. The first-order valence-corrected chi connectivity index (χ1v) is 8.44. The molecule has 4 rings (SSSR count). The van der Waals surface area contributed by atoms with E-state index in [1.807, 2.05) is 31.2 Å². The van der Waals surface area contributed by atoms with Gasteiger partial charge in [-0.3, -0.25) is 9.69 Å². The topological polar surface area (TPSA) is 71.5 Å². The molecule has 6 nitrogen and oxygen atoms in total. The number of cyclic esters (lactones) is 1. The fourth-order valence-electron chi connectivity index (χ4n) is 2.88. The molecule has 1 aromatic heterocycles. The summed E-state index contributed by atoms with van der Waals surface area (Å²) >= 11 is 0. The fourth-order valence-corrected chi connectivity index (χ4v) is 2.88. The Labute approximate surface area is 145 Å². The Hall–Kier alpha value is -2.89. The van der Waals surface area contributed by atoms with Crippen LogP contribution >= 0.6 is 0 Å². The molecule has 1 N–H and O–H groups in total. The van der Waals surface area contributed by atoms with E-state index in [-0.39, 0.29) is 12.0 Å². The van der Waals surface area contributed by atoms with Crippen LogP contribution in [0, 0.1) is 6.92 Å². The van der Waals surface area contributed by atoms with Crippen LogP contribution in [0.3, 0.4) is 0 Å². The number of nitrogens with one attached hydrogen (secondary N) is 1. The van der Waals surface area contributed by atoms with E-state index in [1.165, 1.54) is 4.90 Å². The smallest absolute Gasteiger partial charge is 0.415 e. The average molecular weight is 337 g/mol. The molecule has 1 saturated heterocycles. The third-order valence-electron chi connectivity index (χ3n) is 4.51. The number of hydrogen-bond donors (Lipinski definition) is 1. The highest BCUT2D eigenvalue weighted by molar-refractivity contribution is 5.96. The number of anilines is 1. The maximum Gasteiger partial charge on any atom is 0.415 e. The Balaban J connectivity index is 1.59. The minimum absolute atomic E-state index is 0.0341. The Morgan fingerprint density at radius 3 is 2.76 bits per heavy atom. The van der Waals surface area contributed by atoms with Gasteiger partial charge in [-0.05, 0) is 55.2 Å². The summed E-state index contributed by atoms with van der Waals surface area (Å²) in [6, 6.07) is 9.74. The normalized spacial score (nSPS) is 16.7. The van der Waals surface area contributed by atoms with Crippen LogP contribution in [0.1, 0.15) is 28.8 Å². The van der Waals surface area contributed by atoms with Crippen molar-refractivity contribution in [2.75, 3.05) is 18.1 Å². The van der Waals surface area contributed by atoms with E-state index in [4.69, 9.17) is 4.74 Å². The van der Waals surface area contributed by atoms with Gasteiger partial charge >= 0.3 is 6.09 Å².